The van der Waals surface area contributed by atoms with Gasteiger partial charge in [-0.1, -0.05) is 18.2 Å². The Morgan fingerprint density at radius 2 is 1.77 bits per heavy atom. The summed E-state index contributed by atoms with van der Waals surface area (Å²) in [4.78, 5) is 39.5. The molecule has 0 saturated carbocycles. The largest absolute Gasteiger partial charge is 0.487 e. The third-order valence-corrected chi connectivity index (χ3v) is 5.06. The van der Waals surface area contributed by atoms with Gasteiger partial charge in [-0.05, 0) is 42.8 Å². The summed E-state index contributed by atoms with van der Waals surface area (Å²) in [7, 11) is 0. The quantitative estimate of drug-likeness (QED) is 0.472. The number of primary amides is 1. The zero-order valence-electron chi connectivity index (χ0n) is 16.9. The third kappa shape index (κ3) is 6.65. The maximum absolute atomic E-state index is 12.5. The van der Waals surface area contributed by atoms with Gasteiger partial charge in [0, 0.05) is 23.1 Å². The number of ether oxygens (including phenoxy) is 1. The number of amides is 3. The van der Waals surface area contributed by atoms with Gasteiger partial charge in [0.1, 0.15) is 12.4 Å². The summed E-state index contributed by atoms with van der Waals surface area (Å²) in [5.74, 6) is -0.651. The van der Waals surface area contributed by atoms with E-state index in [1.54, 1.807) is 59.9 Å². The zero-order chi connectivity index (χ0) is 22.2. The standard InChI is InChI=1S/C22H22N4O4S/c1-14-26-18(13-31-14)12-30-19-4-2-3-17(9-19)22(29)24-10-15-5-7-16(8-6-15)21(28)25-11-20(23)27/h2-9,13H,10-12H2,1H3,(H2,23,27)(H,24,29)(H,25,28). The first-order chi connectivity index (χ1) is 14.9. The molecule has 1 aromatic heterocycles. The Morgan fingerprint density at radius 3 is 2.45 bits per heavy atom. The molecule has 3 aromatic rings. The van der Waals surface area contributed by atoms with Crippen molar-refractivity contribution in [2.45, 2.75) is 20.1 Å². The summed E-state index contributed by atoms with van der Waals surface area (Å²) in [6, 6.07) is 13.6. The van der Waals surface area contributed by atoms with Crippen molar-refractivity contribution in [2.24, 2.45) is 5.73 Å². The van der Waals surface area contributed by atoms with Crippen LogP contribution in [0.3, 0.4) is 0 Å². The molecule has 3 rings (SSSR count). The Bertz CT molecular complexity index is 1080. The number of hydrogen-bond acceptors (Lipinski definition) is 6. The minimum Gasteiger partial charge on any atom is -0.487 e. The summed E-state index contributed by atoms with van der Waals surface area (Å²) in [6.07, 6.45) is 0. The van der Waals surface area contributed by atoms with Crippen LogP contribution in [0.2, 0.25) is 0 Å². The summed E-state index contributed by atoms with van der Waals surface area (Å²) in [5, 5.41) is 8.18. The second-order valence-corrected chi connectivity index (χ2v) is 7.77. The lowest BCUT2D eigenvalue weighted by molar-refractivity contribution is -0.117. The molecule has 8 nitrogen and oxygen atoms in total. The minimum absolute atomic E-state index is 0.219. The van der Waals surface area contributed by atoms with Crippen LogP contribution in [-0.4, -0.2) is 29.3 Å². The first-order valence-electron chi connectivity index (χ1n) is 9.48. The smallest absolute Gasteiger partial charge is 0.251 e. The molecular weight excluding hydrogens is 416 g/mol. The van der Waals surface area contributed by atoms with Crippen LogP contribution in [0.1, 0.15) is 37.0 Å². The molecule has 31 heavy (non-hydrogen) atoms. The SMILES string of the molecule is Cc1nc(COc2cccc(C(=O)NCc3ccc(C(=O)NCC(N)=O)cc3)c2)cs1. The van der Waals surface area contributed by atoms with E-state index in [4.69, 9.17) is 10.5 Å². The summed E-state index contributed by atoms with van der Waals surface area (Å²) < 4.78 is 5.73. The average molecular weight is 439 g/mol. The lowest BCUT2D eigenvalue weighted by Gasteiger charge is -2.09. The number of nitrogens with two attached hydrogens (primary N) is 1. The van der Waals surface area contributed by atoms with Crippen molar-refractivity contribution in [3.8, 4) is 5.75 Å². The Kier molecular flexibility index (Phi) is 7.34. The van der Waals surface area contributed by atoms with Crippen LogP contribution < -0.4 is 21.1 Å². The highest BCUT2D eigenvalue weighted by Crippen LogP contribution is 2.16. The number of nitrogens with zero attached hydrogens (tertiary/aromatic N) is 1. The van der Waals surface area contributed by atoms with E-state index in [0.29, 0.717) is 30.0 Å². The predicted molar refractivity (Wildman–Crippen MR) is 117 cm³/mol. The van der Waals surface area contributed by atoms with E-state index in [1.807, 2.05) is 12.3 Å². The van der Waals surface area contributed by atoms with Gasteiger partial charge in [0.25, 0.3) is 11.8 Å². The second kappa shape index (κ2) is 10.4. The van der Waals surface area contributed by atoms with Gasteiger partial charge >= 0.3 is 0 Å². The van der Waals surface area contributed by atoms with Gasteiger partial charge in [0.05, 0.1) is 17.2 Å². The van der Waals surface area contributed by atoms with Crippen LogP contribution >= 0.6 is 11.3 Å². The normalized spacial score (nSPS) is 10.4. The highest BCUT2D eigenvalue weighted by Gasteiger charge is 2.09. The maximum atomic E-state index is 12.5. The van der Waals surface area contributed by atoms with Gasteiger partial charge in [0.15, 0.2) is 0 Å². The fourth-order valence-electron chi connectivity index (χ4n) is 2.69. The van der Waals surface area contributed by atoms with Crippen molar-refractivity contribution in [3.63, 3.8) is 0 Å². The van der Waals surface area contributed by atoms with Gasteiger partial charge in [-0.3, -0.25) is 14.4 Å². The topological polar surface area (TPSA) is 123 Å². The number of rotatable bonds is 9. The lowest BCUT2D eigenvalue weighted by Crippen LogP contribution is -2.33. The number of carbonyl (C=O) groups excluding carboxylic acids is 3. The van der Waals surface area contributed by atoms with Crippen molar-refractivity contribution < 1.29 is 19.1 Å². The number of aryl methyl sites for hydroxylation is 1. The minimum atomic E-state index is -0.611. The third-order valence-electron chi connectivity index (χ3n) is 4.24. The van der Waals surface area contributed by atoms with Crippen molar-refractivity contribution in [1.29, 1.82) is 0 Å². The molecule has 1 heterocycles. The molecule has 0 aliphatic heterocycles. The summed E-state index contributed by atoms with van der Waals surface area (Å²) in [5.41, 5.74) is 7.56. The molecule has 0 aliphatic rings. The van der Waals surface area contributed by atoms with Crippen LogP contribution in [0.25, 0.3) is 0 Å². The molecule has 0 saturated heterocycles. The Labute approximate surface area is 183 Å². The molecule has 0 unspecified atom stereocenters. The zero-order valence-corrected chi connectivity index (χ0v) is 17.7. The van der Waals surface area contributed by atoms with Crippen molar-refractivity contribution in [3.05, 3.63) is 81.3 Å². The fraction of sp³-hybridized carbons (Fsp3) is 0.182. The Hall–Kier alpha value is -3.72. The van der Waals surface area contributed by atoms with Crippen LogP contribution in [0, 0.1) is 6.92 Å². The molecule has 3 amide bonds. The highest BCUT2D eigenvalue weighted by atomic mass is 32.1. The Balaban J connectivity index is 1.52. The van der Waals surface area contributed by atoms with E-state index in [9.17, 15) is 14.4 Å². The van der Waals surface area contributed by atoms with Gasteiger partial charge < -0.3 is 21.1 Å². The number of nitrogens with one attached hydrogen (secondary N) is 2. The Morgan fingerprint density at radius 1 is 1.03 bits per heavy atom. The van der Waals surface area contributed by atoms with Crippen molar-refractivity contribution in [1.82, 2.24) is 15.6 Å². The van der Waals surface area contributed by atoms with E-state index >= 15 is 0 Å². The molecule has 0 atom stereocenters. The van der Waals surface area contributed by atoms with Gasteiger partial charge in [-0.2, -0.15) is 0 Å². The predicted octanol–water partition coefficient (Wildman–Crippen LogP) is 2.18. The second-order valence-electron chi connectivity index (χ2n) is 6.70. The van der Waals surface area contributed by atoms with E-state index in [2.05, 4.69) is 15.6 Å². The maximum Gasteiger partial charge on any atom is 0.251 e. The number of hydrogen-bond donors (Lipinski definition) is 3. The molecule has 2 aromatic carbocycles. The molecule has 0 spiro atoms. The number of thiazole rings is 1. The molecule has 0 bridgehead atoms. The van der Waals surface area contributed by atoms with Crippen molar-refractivity contribution >= 4 is 29.1 Å². The molecular formula is C22H22N4O4S. The van der Waals surface area contributed by atoms with Crippen LogP contribution in [0.4, 0.5) is 0 Å². The average Bonchev–Trinajstić information content (AvgIpc) is 3.20. The highest BCUT2D eigenvalue weighted by molar-refractivity contribution is 7.09. The van der Waals surface area contributed by atoms with Crippen molar-refractivity contribution in [2.75, 3.05) is 6.54 Å². The van der Waals surface area contributed by atoms with Crippen LogP contribution in [0.5, 0.6) is 5.75 Å². The summed E-state index contributed by atoms with van der Waals surface area (Å²) in [6.45, 7) is 2.36. The van der Waals surface area contributed by atoms with Crippen LogP contribution in [0.15, 0.2) is 53.9 Å². The summed E-state index contributed by atoms with van der Waals surface area (Å²) >= 11 is 1.56. The van der Waals surface area contributed by atoms with Gasteiger partial charge in [-0.15, -0.1) is 11.3 Å². The molecule has 0 aliphatic carbocycles. The molecule has 0 radical (unpaired) electrons. The number of benzene rings is 2. The molecule has 4 N–H and O–H groups in total. The fourth-order valence-corrected chi connectivity index (χ4v) is 3.28. The monoisotopic (exact) mass is 438 g/mol. The number of carbonyl (C=O) groups is 3. The lowest BCUT2D eigenvalue weighted by atomic mass is 10.1. The molecule has 9 heteroatoms. The van der Waals surface area contributed by atoms with Gasteiger partial charge in [0.2, 0.25) is 5.91 Å². The first-order valence-corrected chi connectivity index (χ1v) is 10.4. The van der Waals surface area contributed by atoms with Crippen LogP contribution in [-0.2, 0) is 17.9 Å². The van der Waals surface area contributed by atoms with Gasteiger partial charge in [-0.25, -0.2) is 4.98 Å². The van der Waals surface area contributed by atoms with E-state index in [0.717, 1.165) is 16.3 Å². The molecule has 0 fully saturated rings. The number of aromatic nitrogens is 1. The van der Waals surface area contributed by atoms with E-state index < -0.39 is 5.91 Å². The first kappa shape index (κ1) is 22.0. The molecule has 160 valence electrons. The van der Waals surface area contributed by atoms with E-state index in [1.165, 1.54) is 0 Å². The van der Waals surface area contributed by atoms with E-state index in [-0.39, 0.29) is 18.4 Å².